The molecule has 0 fully saturated rings. The highest BCUT2D eigenvalue weighted by atomic mass is 31.2. The van der Waals surface area contributed by atoms with Gasteiger partial charge in [-0.15, -0.1) is 0 Å². The van der Waals surface area contributed by atoms with E-state index in [0.29, 0.717) is 5.57 Å². The second-order valence-electron chi connectivity index (χ2n) is 7.49. The molecule has 9 N–H and O–H groups in total. The zero-order chi connectivity index (χ0) is 31.2. The Morgan fingerprint density at radius 3 is 0.950 bits per heavy atom. The number of hydrogen-bond acceptors (Lipinski definition) is 5. The fourth-order valence-corrected chi connectivity index (χ4v) is 2.92. The first-order valence-electron chi connectivity index (χ1n) is 10.5. The summed E-state index contributed by atoms with van der Waals surface area (Å²) < 4.78 is 32.8. The number of carbonyl (C=O) groups is 1. The lowest BCUT2D eigenvalue weighted by Crippen LogP contribution is -2.35. The molecular formula is C23H29O14P3. The molecule has 0 unspecified atom stereocenters. The van der Waals surface area contributed by atoms with Crippen LogP contribution in [0.15, 0.2) is 103 Å². The second-order valence-corrected chi connectivity index (χ2v) is 10.6. The fourth-order valence-electron chi connectivity index (χ4n) is 2.92. The summed E-state index contributed by atoms with van der Waals surface area (Å²) in [7, 11) is -13.9. The highest BCUT2D eigenvalue weighted by molar-refractivity contribution is 7.45. The van der Waals surface area contributed by atoms with Gasteiger partial charge in [-0.2, -0.15) is 0 Å². The Bertz CT molecular complexity index is 1160. The first kappa shape index (κ1) is 37.2. The van der Waals surface area contributed by atoms with Crippen molar-refractivity contribution in [1.29, 1.82) is 0 Å². The van der Waals surface area contributed by atoms with Crippen molar-refractivity contribution in [3.05, 3.63) is 120 Å². The Hall–Kier alpha value is -2.80. The van der Waals surface area contributed by atoms with Crippen molar-refractivity contribution in [2.75, 3.05) is 0 Å². The van der Waals surface area contributed by atoms with E-state index in [9.17, 15) is 4.79 Å². The number of esters is 1. The van der Waals surface area contributed by atoms with E-state index < -0.39 is 35.0 Å². The van der Waals surface area contributed by atoms with Crippen molar-refractivity contribution >= 4 is 29.4 Å². The molecule has 0 bridgehead atoms. The highest BCUT2D eigenvalue weighted by Gasteiger charge is 2.40. The summed E-state index contributed by atoms with van der Waals surface area (Å²) in [6.45, 7) is 5.41. The highest BCUT2D eigenvalue weighted by Crippen LogP contribution is 2.40. The maximum atomic E-state index is 12.6. The number of phosphoric acid groups is 3. The molecule has 0 aliphatic carbocycles. The summed E-state index contributed by atoms with van der Waals surface area (Å²) in [5.74, 6) is -0.420. The minimum absolute atomic E-state index is 0.368. The minimum atomic E-state index is -4.64. The molecule has 17 heteroatoms. The van der Waals surface area contributed by atoms with Crippen LogP contribution in [0.3, 0.4) is 0 Å². The summed E-state index contributed by atoms with van der Waals surface area (Å²) in [6, 6.07) is 29.4. The van der Waals surface area contributed by atoms with E-state index in [0.717, 1.165) is 16.7 Å². The van der Waals surface area contributed by atoms with Gasteiger partial charge in [0.25, 0.3) is 0 Å². The van der Waals surface area contributed by atoms with Crippen molar-refractivity contribution in [1.82, 2.24) is 0 Å². The van der Waals surface area contributed by atoms with Crippen LogP contribution in [-0.4, -0.2) is 50.0 Å². The van der Waals surface area contributed by atoms with Crippen molar-refractivity contribution in [2.45, 2.75) is 12.5 Å². The van der Waals surface area contributed by atoms with Crippen LogP contribution in [-0.2, 0) is 28.8 Å². The quantitative estimate of drug-likeness (QED) is 0.0856. The van der Waals surface area contributed by atoms with E-state index in [1.807, 2.05) is 91.0 Å². The molecule has 14 nitrogen and oxygen atoms in total. The van der Waals surface area contributed by atoms with Crippen molar-refractivity contribution in [3.8, 4) is 0 Å². The molecule has 220 valence electrons. The van der Waals surface area contributed by atoms with E-state index >= 15 is 0 Å². The summed E-state index contributed by atoms with van der Waals surface area (Å²) in [4.78, 5) is 77.2. The van der Waals surface area contributed by atoms with Crippen LogP contribution in [0.25, 0.3) is 0 Å². The van der Waals surface area contributed by atoms with Gasteiger partial charge in [0.2, 0.25) is 0 Å². The SMILES string of the molecule is C=C(C)C(=O)OC(c1ccccc1)(c1ccccc1)c1ccccc1.O=P(O)(O)O.O=P(O)(O)O.O=P(O)(O)O. The molecule has 3 aromatic carbocycles. The maximum Gasteiger partial charge on any atom is 0.466 e. The normalized spacial score (nSPS) is 11.2. The van der Waals surface area contributed by atoms with Crippen LogP contribution >= 0.6 is 23.5 Å². The van der Waals surface area contributed by atoms with Crippen LogP contribution in [0, 0.1) is 0 Å². The third-order valence-electron chi connectivity index (χ3n) is 4.14. The van der Waals surface area contributed by atoms with Crippen molar-refractivity contribution < 1.29 is 67.3 Å². The molecule has 3 rings (SSSR count). The molecule has 0 amide bonds. The van der Waals surface area contributed by atoms with Crippen molar-refractivity contribution in [3.63, 3.8) is 0 Å². The molecule has 3 aromatic rings. The summed E-state index contributed by atoms with van der Waals surface area (Å²) in [6.07, 6.45) is 0. The zero-order valence-electron chi connectivity index (χ0n) is 20.8. The van der Waals surface area contributed by atoms with Crippen LogP contribution in [0.4, 0.5) is 0 Å². The molecule has 0 aliphatic rings. The van der Waals surface area contributed by atoms with Crippen LogP contribution in [0.1, 0.15) is 23.6 Å². The summed E-state index contributed by atoms with van der Waals surface area (Å²) in [5, 5.41) is 0. The molecule has 0 radical (unpaired) electrons. The Morgan fingerprint density at radius 2 is 0.775 bits per heavy atom. The van der Waals surface area contributed by atoms with Gasteiger partial charge < -0.3 is 48.8 Å². The van der Waals surface area contributed by atoms with E-state index in [1.54, 1.807) is 6.92 Å². The van der Waals surface area contributed by atoms with Gasteiger partial charge in [-0.3, -0.25) is 0 Å². The fraction of sp³-hybridized carbons (Fsp3) is 0.0870. The minimum Gasteiger partial charge on any atom is -0.441 e. The molecule has 0 aliphatic heterocycles. The number of hydrogen-bond donors (Lipinski definition) is 9. The zero-order valence-corrected chi connectivity index (χ0v) is 23.5. The first-order valence-corrected chi connectivity index (χ1v) is 15.2. The maximum absolute atomic E-state index is 12.6. The topological polar surface area (TPSA) is 260 Å². The first-order chi connectivity index (χ1) is 18.1. The smallest absolute Gasteiger partial charge is 0.441 e. The summed E-state index contributed by atoms with van der Waals surface area (Å²) >= 11 is 0. The van der Waals surface area contributed by atoms with Crippen LogP contribution < -0.4 is 0 Å². The van der Waals surface area contributed by atoms with Gasteiger partial charge >= 0.3 is 29.4 Å². The number of rotatable bonds is 5. The molecule has 0 atom stereocenters. The van der Waals surface area contributed by atoms with Gasteiger partial charge in [-0.05, 0) is 6.92 Å². The van der Waals surface area contributed by atoms with Gasteiger partial charge in [0.05, 0.1) is 0 Å². The molecule has 0 aromatic heterocycles. The lowest BCUT2D eigenvalue weighted by Gasteiger charge is -2.35. The third kappa shape index (κ3) is 17.7. The Balaban J connectivity index is 0.000000836. The average Bonchev–Trinajstić information content (AvgIpc) is 2.81. The number of carbonyl (C=O) groups excluding carboxylic acids is 1. The van der Waals surface area contributed by atoms with Crippen LogP contribution in [0.2, 0.25) is 0 Å². The molecule has 0 saturated heterocycles. The molecule has 0 heterocycles. The lowest BCUT2D eigenvalue weighted by atomic mass is 9.80. The van der Waals surface area contributed by atoms with E-state index in [4.69, 9.17) is 62.5 Å². The Labute approximate surface area is 229 Å². The standard InChI is InChI=1S/C23H20O2.3H3O4P/c1-18(2)22(24)25-23(19-12-6-3-7-13-19,20-14-8-4-9-15-20)21-16-10-5-11-17-21;3*1-5(2,3)4/h3-17H,1H2,2H3;3*(H3,1,2,3,4). The largest absolute Gasteiger partial charge is 0.466 e. The number of ether oxygens (including phenoxy) is 1. The Kier molecular flexibility index (Phi) is 15.3. The average molecular weight is 622 g/mol. The van der Waals surface area contributed by atoms with Gasteiger partial charge in [0.15, 0.2) is 5.60 Å². The van der Waals surface area contributed by atoms with Crippen LogP contribution in [0.5, 0.6) is 0 Å². The summed E-state index contributed by atoms with van der Waals surface area (Å²) in [5.41, 5.74) is 2.01. The number of benzene rings is 3. The predicted octanol–water partition coefficient (Wildman–Crippen LogP) is 2.31. The molecule has 0 saturated carbocycles. The van der Waals surface area contributed by atoms with Gasteiger partial charge in [-0.25, -0.2) is 18.5 Å². The Morgan fingerprint density at radius 1 is 0.575 bits per heavy atom. The van der Waals surface area contributed by atoms with E-state index in [-0.39, 0.29) is 0 Å². The molecule has 0 spiro atoms. The predicted molar refractivity (Wildman–Crippen MR) is 143 cm³/mol. The van der Waals surface area contributed by atoms with Gasteiger partial charge in [0, 0.05) is 22.3 Å². The van der Waals surface area contributed by atoms with E-state index in [1.165, 1.54) is 0 Å². The second kappa shape index (κ2) is 16.5. The third-order valence-corrected chi connectivity index (χ3v) is 4.14. The molecular weight excluding hydrogens is 593 g/mol. The van der Waals surface area contributed by atoms with Gasteiger partial charge in [0.1, 0.15) is 0 Å². The molecule has 40 heavy (non-hydrogen) atoms. The van der Waals surface area contributed by atoms with Gasteiger partial charge in [-0.1, -0.05) is 97.6 Å². The van der Waals surface area contributed by atoms with E-state index in [2.05, 4.69) is 6.58 Å². The monoisotopic (exact) mass is 622 g/mol. The lowest BCUT2D eigenvalue weighted by molar-refractivity contribution is -0.148. The van der Waals surface area contributed by atoms with Crippen molar-refractivity contribution in [2.24, 2.45) is 0 Å².